The fourth-order valence-electron chi connectivity index (χ4n) is 1.36. The summed E-state index contributed by atoms with van der Waals surface area (Å²) in [4.78, 5) is 0. The lowest BCUT2D eigenvalue weighted by Gasteiger charge is -2.02. The Labute approximate surface area is 83.0 Å². The number of halogens is 1. The van der Waals surface area contributed by atoms with Crippen LogP contribution in [0.5, 0.6) is 0 Å². The second-order valence-electron chi connectivity index (χ2n) is 3.17. The van der Waals surface area contributed by atoms with E-state index < -0.39 is 0 Å². The summed E-state index contributed by atoms with van der Waals surface area (Å²) in [7, 11) is 0. The Morgan fingerprint density at radius 1 is 0.857 bits per heavy atom. The first-order valence-electron chi connectivity index (χ1n) is 4.44. The average molecular weight is 185 g/mol. The summed E-state index contributed by atoms with van der Waals surface area (Å²) in [5.74, 6) is -0.258. The zero-order chi connectivity index (χ0) is 9.97. The maximum absolute atomic E-state index is 13.2. The molecular formula is C13H10F. The molecule has 0 aliphatic rings. The number of hydrogen-bond donors (Lipinski definition) is 0. The molecule has 0 saturated heterocycles. The van der Waals surface area contributed by atoms with Crippen LogP contribution in [0.15, 0.2) is 48.5 Å². The van der Waals surface area contributed by atoms with Gasteiger partial charge in [-0.3, -0.25) is 0 Å². The van der Waals surface area contributed by atoms with Gasteiger partial charge in [-0.2, -0.15) is 0 Å². The molecule has 2 aromatic carbocycles. The lowest BCUT2D eigenvalue weighted by atomic mass is 10.0. The number of rotatable bonds is 1. The van der Waals surface area contributed by atoms with Crippen molar-refractivity contribution < 1.29 is 4.39 Å². The van der Waals surface area contributed by atoms with E-state index in [0.717, 1.165) is 11.1 Å². The van der Waals surface area contributed by atoms with Gasteiger partial charge in [-0.1, -0.05) is 42.5 Å². The zero-order valence-corrected chi connectivity index (χ0v) is 7.70. The van der Waals surface area contributed by atoms with Gasteiger partial charge < -0.3 is 0 Å². The highest BCUT2D eigenvalue weighted by Crippen LogP contribution is 2.20. The highest BCUT2D eigenvalue weighted by Gasteiger charge is 2.00. The average Bonchev–Trinajstić information content (AvgIpc) is 2.23. The number of benzene rings is 2. The Morgan fingerprint density at radius 3 is 2.21 bits per heavy atom. The van der Waals surface area contributed by atoms with E-state index in [2.05, 4.69) is 6.92 Å². The quantitative estimate of drug-likeness (QED) is 0.635. The van der Waals surface area contributed by atoms with E-state index in [0.29, 0.717) is 5.56 Å². The zero-order valence-electron chi connectivity index (χ0n) is 7.70. The van der Waals surface area contributed by atoms with Crippen LogP contribution in [0.25, 0.3) is 11.1 Å². The lowest BCUT2D eigenvalue weighted by molar-refractivity contribution is 0.623. The molecule has 0 amide bonds. The Kier molecular flexibility index (Phi) is 2.32. The predicted octanol–water partition coefficient (Wildman–Crippen LogP) is 3.67. The van der Waals surface area contributed by atoms with Crippen molar-refractivity contribution in [3.8, 4) is 11.1 Å². The van der Waals surface area contributed by atoms with Crippen LogP contribution >= 0.6 is 0 Å². The molecule has 0 bridgehead atoms. The van der Waals surface area contributed by atoms with Crippen LogP contribution in [0, 0.1) is 12.7 Å². The minimum Gasteiger partial charge on any atom is -0.207 e. The lowest BCUT2D eigenvalue weighted by Crippen LogP contribution is -1.83. The van der Waals surface area contributed by atoms with Crippen molar-refractivity contribution in [2.75, 3.05) is 0 Å². The summed E-state index contributed by atoms with van der Waals surface area (Å²) < 4.78 is 13.2. The topological polar surface area (TPSA) is 0 Å². The maximum atomic E-state index is 13.2. The molecule has 0 saturated carbocycles. The summed E-state index contributed by atoms with van der Waals surface area (Å²) in [5.41, 5.74) is 2.34. The molecule has 1 heteroatoms. The van der Waals surface area contributed by atoms with Crippen LogP contribution in [0.3, 0.4) is 0 Å². The van der Waals surface area contributed by atoms with Crippen LogP contribution in [0.1, 0.15) is 5.56 Å². The van der Waals surface area contributed by atoms with E-state index >= 15 is 0 Å². The summed E-state index contributed by atoms with van der Waals surface area (Å²) >= 11 is 0. The summed E-state index contributed by atoms with van der Waals surface area (Å²) in [6.45, 7) is 3.58. The predicted molar refractivity (Wildman–Crippen MR) is 56.3 cm³/mol. The number of hydrogen-bond acceptors (Lipinski definition) is 0. The SMILES string of the molecule is [CH2]c1ccc(-c2ccccc2)cc1F. The molecule has 2 aromatic rings. The molecule has 0 nitrogen and oxygen atoms in total. The van der Waals surface area contributed by atoms with Gasteiger partial charge in [0, 0.05) is 0 Å². The molecule has 14 heavy (non-hydrogen) atoms. The van der Waals surface area contributed by atoms with Crippen LogP contribution < -0.4 is 0 Å². The molecule has 69 valence electrons. The largest absolute Gasteiger partial charge is 0.207 e. The van der Waals surface area contributed by atoms with Gasteiger partial charge in [0.2, 0.25) is 0 Å². The molecule has 0 fully saturated rings. The summed E-state index contributed by atoms with van der Waals surface area (Å²) in [6, 6.07) is 14.8. The van der Waals surface area contributed by atoms with Gasteiger partial charge in [-0.05, 0) is 29.7 Å². The first-order valence-corrected chi connectivity index (χ1v) is 4.44. The monoisotopic (exact) mass is 185 g/mol. The molecule has 0 aromatic heterocycles. The molecule has 0 aliphatic heterocycles. The van der Waals surface area contributed by atoms with Crippen LogP contribution in [0.2, 0.25) is 0 Å². The molecular weight excluding hydrogens is 175 g/mol. The van der Waals surface area contributed by atoms with E-state index in [1.165, 1.54) is 6.07 Å². The first-order chi connectivity index (χ1) is 6.77. The third-order valence-corrected chi connectivity index (χ3v) is 2.16. The molecule has 2 rings (SSSR count). The van der Waals surface area contributed by atoms with Gasteiger partial charge in [0.15, 0.2) is 0 Å². The van der Waals surface area contributed by atoms with Crippen molar-refractivity contribution in [3.63, 3.8) is 0 Å². The maximum Gasteiger partial charge on any atom is 0.127 e. The van der Waals surface area contributed by atoms with Gasteiger partial charge >= 0.3 is 0 Å². The van der Waals surface area contributed by atoms with Gasteiger partial charge in [0.25, 0.3) is 0 Å². The van der Waals surface area contributed by atoms with E-state index in [4.69, 9.17) is 0 Å². The van der Waals surface area contributed by atoms with Crippen LogP contribution in [-0.2, 0) is 0 Å². The van der Waals surface area contributed by atoms with Crippen molar-refractivity contribution in [2.24, 2.45) is 0 Å². The Bertz CT molecular complexity index is 432. The summed E-state index contributed by atoms with van der Waals surface area (Å²) in [6.07, 6.45) is 0. The van der Waals surface area contributed by atoms with E-state index in [-0.39, 0.29) is 5.82 Å². The van der Waals surface area contributed by atoms with Crippen LogP contribution in [0.4, 0.5) is 4.39 Å². The van der Waals surface area contributed by atoms with Crippen molar-refractivity contribution in [3.05, 3.63) is 66.8 Å². The Balaban J connectivity index is 2.48. The molecule has 0 aliphatic carbocycles. The minimum absolute atomic E-state index is 0.258. The van der Waals surface area contributed by atoms with Crippen molar-refractivity contribution in [2.45, 2.75) is 0 Å². The third-order valence-electron chi connectivity index (χ3n) is 2.16. The second kappa shape index (κ2) is 3.62. The first kappa shape index (κ1) is 8.95. The van der Waals surface area contributed by atoms with Crippen molar-refractivity contribution in [1.82, 2.24) is 0 Å². The van der Waals surface area contributed by atoms with Crippen LogP contribution in [-0.4, -0.2) is 0 Å². The van der Waals surface area contributed by atoms with Gasteiger partial charge in [0.1, 0.15) is 5.82 Å². The fourth-order valence-corrected chi connectivity index (χ4v) is 1.36. The van der Waals surface area contributed by atoms with Gasteiger partial charge in [0.05, 0.1) is 0 Å². The summed E-state index contributed by atoms with van der Waals surface area (Å²) in [5, 5.41) is 0. The van der Waals surface area contributed by atoms with E-state index in [1.54, 1.807) is 6.07 Å². The highest BCUT2D eigenvalue weighted by molar-refractivity contribution is 5.63. The molecule has 0 spiro atoms. The molecule has 0 atom stereocenters. The second-order valence-corrected chi connectivity index (χ2v) is 3.17. The fraction of sp³-hybridized carbons (Fsp3) is 0. The van der Waals surface area contributed by atoms with Crippen molar-refractivity contribution >= 4 is 0 Å². The smallest absolute Gasteiger partial charge is 0.127 e. The molecule has 0 N–H and O–H groups in total. The van der Waals surface area contributed by atoms with Crippen molar-refractivity contribution in [1.29, 1.82) is 0 Å². The highest BCUT2D eigenvalue weighted by atomic mass is 19.1. The van der Waals surface area contributed by atoms with Gasteiger partial charge in [-0.25, -0.2) is 4.39 Å². The molecule has 1 radical (unpaired) electrons. The normalized spacial score (nSPS) is 10.1. The standard InChI is InChI=1S/C13H10F/c1-10-7-8-12(9-13(10)14)11-5-3-2-4-6-11/h2-9H,1H2. The molecule has 0 unspecified atom stereocenters. The van der Waals surface area contributed by atoms with E-state index in [1.807, 2.05) is 36.4 Å². The van der Waals surface area contributed by atoms with E-state index in [9.17, 15) is 4.39 Å². The molecule has 0 heterocycles. The van der Waals surface area contributed by atoms with Gasteiger partial charge in [-0.15, -0.1) is 0 Å². The Hall–Kier alpha value is -1.63. The minimum atomic E-state index is -0.258. The third kappa shape index (κ3) is 1.67. The Morgan fingerprint density at radius 2 is 1.57 bits per heavy atom.